The van der Waals surface area contributed by atoms with Crippen LogP contribution in [0.5, 0.6) is 5.75 Å². The first-order valence-electron chi connectivity index (χ1n) is 13.9. The summed E-state index contributed by atoms with van der Waals surface area (Å²) in [6.45, 7) is 3.65. The number of hydrogen-bond donors (Lipinski definition) is 4. The molecule has 0 amide bonds. The van der Waals surface area contributed by atoms with Crippen LogP contribution in [-0.4, -0.2) is 78.6 Å². The molecule has 2 aromatic heterocycles. The molecular weight excluding hydrogens is 646 g/mol. The lowest BCUT2D eigenvalue weighted by molar-refractivity contribution is -0.195. The molecule has 1 saturated carbocycles. The summed E-state index contributed by atoms with van der Waals surface area (Å²) in [6, 6.07) is 6.59. The second-order valence-corrected chi connectivity index (χ2v) is 13.3. The summed E-state index contributed by atoms with van der Waals surface area (Å²) in [6.07, 6.45) is -9.35. The maximum absolute atomic E-state index is 14.6. The highest BCUT2D eigenvalue weighted by atomic mass is 35.5. The average molecular weight is 678 g/mol. The van der Waals surface area contributed by atoms with Gasteiger partial charge in [0.2, 0.25) is 10.8 Å². The van der Waals surface area contributed by atoms with Crippen molar-refractivity contribution in [3.8, 4) is 5.75 Å². The molecule has 5 N–H and O–H groups in total. The predicted octanol–water partition coefficient (Wildman–Crippen LogP) is 3.91. The van der Waals surface area contributed by atoms with Crippen molar-refractivity contribution < 1.29 is 46.2 Å². The molecule has 19 heteroatoms. The summed E-state index contributed by atoms with van der Waals surface area (Å²) < 4.78 is 80.4. The summed E-state index contributed by atoms with van der Waals surface area (Å²) in [5.74, 6) is -0.751. The third kappa shape index (κ3) is 6.98. The maximum Gasteiger partial charge on any atom is 0.459 e. The zero-order valence-electron chi connectivity index (χ0n) is 24.3. The van der Waals surface area contributed by atoms with E-state index in [1.807, 2.05) is 0 Å². The SMILES string of the molecule is CC(C)OC(=O)[C@H](C)N[P@@](=O)(OC[C@H]1O[C@@H](n2cnc3c(NC4CC4)nc(N)nc32)[C@@](Cl)(C(F)(F)F)[C@@H]1O)Oc1ccccc1. The number of benzene rings is 1. The summed E-state index contributed by atoms with van der Waals surface area (Å²) in [4.78, 5) is 21.3. The second-order valence-electron chi connectivity index (χ2n) is 10.9. The number of ether oxygens (including phenoxy) is 2. The molecule has 2 fully saturated rings. The highest BCUT2D eigenvalue weighted by molar-refractivity contribution is 7.52. The highest BCUT2D eigenvalue weighted by Crippen LogP contribution is 2.55. The number of fused-ring (bicyclic) bond motifs is 1. The maximum atomic E-state index is 14.6. The molecule has 0 bridgehead atoms. The van der Waals surface area contributed by atoms with Crippen LogP contribution in [0.3, 0.4) is 0 Å². The van der Waals surface area contributed by atoms with Gasteiger partial charge in [-0.05, 0) is 45.7 Å². The van der Waals surface area contributed by atoms with Gasteiger partial charge >= 0.3 is 19.9 Å². The van der Waals surface area contributed by atoms with Gasteiger partial charge in [-0.2, -0.15) is 28.2 Å². The van der Waals surface area contributed by atoms with Gasteiger partial charge in [0.1, 0.15) is 24.0 Å². The topological polar surface area (TPSA) is 185 Å². The van der Waals surface area contributed by atoms with Crippen LogP contribution >= 0.6 is 19.3 Å². The number of hydrogen-bond acceptors (Lipinski definition) is 12. The number of para-hydroxylation sites is 1. The van der Waals surface area contributed by atoms with Gasteiger partial charge in [-0.15, -0.1) is 11.6 Å². The van der Waals surface area contributed by atoms with Crippen molar-refractivity contribution in [2.24, 2.45) is 0 Å². The molecule has 0 spiro atoms. The van der Waals surface area contributed by atoms with Gasteiger partial charge in [0.15, 0.2) is 23.2 Å². The van der Waals surface area contributed by atoms with E-state index in [2.05, 4.69) is 25.4 Å². The monoisotopic (exact) mass is 677 g/mol. The fraction of sp³-hybridized carbons (Fsp3) is 0.538. The molecule has 1 aliphatic heterocycles. The number of nitrogens with two attached hydrogens (primary N) is 1. The number of nitrogens with one attached hydrogen (secondary N) is 2. The first-order chi connectivity index (χ1) is 21.1. The van der Waals surface area contributed by atoms with Crippen molar-refractivity contribution in [1.82, 2.24) is 24.6 Å². The predicted molar refractivity (Wildman–Crippen MR) is 155 cm³/mol. The number of imidazole rings is 1. The third-order valence-corrected chi connectivity index (χ3v) is 9.19. The fourth-order valence-corrected chi connectivity index (χ4v) is 6.39. The minimum absolute atomic E-state index is 0.0586. The molecule has 1 aliphatic carbocycles. The zero-order valence-corrected chi connectivity index (χ0v) is 25.9. The summed E-state index contributed by atoms with van der Waals surface area (Å²) in [5, 5.41) is 16.5. The van der Waals surface area contributed by atoms with Crippen LogP contribution in [0.1, 0.15) is 39.8 Å². The highest BCUT2D eigenvalue weighted by Gasteiger charge is 2.71. The smallest absolute Gasteiger partial charge is 0.459 e. The Balaban J connectivity index is 1.43. The quantitative estimate of drug-likeness (QED) is 0.123. The molecule has 6 atom stereocenters. The molecule has 0 unspecified atom stereocenters. The molecule has 14 nitrogen and oxygen atoms in total. The van der Waals surface area contributed by atoms with E-state index in [-0.39, 0.29) is 34.7 Å². The lowest BCUT2D eigenvalue weighted by atomic mass is 9.98. The molecule has 0 radical (unpaired) electrons. The largest absolute Gasteiger partial charge is 0.462 e. The van der Waals surface area contributed by atoms with Crippen molar-refractivity contribution in [3.63, 3.8) is 0 Å². The van der Waals surface area contributed by atoms with E-state index in [0.29, 0.717) is 0 Å². The Labute approximate surface area is 260 Å². The van der Waals surface area contributed by atoms with Gasteiger partial charge in [-0.1, -0.05) is 18.2 Å². The van der Waals surface area contributed by atoms with Crippen molar-refractivity contribution >= 4 is 48.2 Å². The van der Waals surface area contributed by atoms with E-state index in [1.54, 1.807) is 32.0 Å². The number of anilines is 2. The van der Waals surface area contributed by atoms with E-state index >= 15 is 0 Å². The third-order valence-electron chi connectivity index (χ3n) is 6.92. The molecule has 3 aromatic rings. The number of alkyl halides is 4. The number of esters is 1. The molecule has 1 saturated heterocycles. The Hall–Kier alpha value is -3.21. The van der Waals surface area contributed by atoms with Crippen LogP contribution < -0.4 is 20.7 Å². The summed E-state index contributed by atoms with van der Waals surface area (Å²) in [5.41, 5.74) is 5.83. The molecule has 45 heavy (non-hydrogen) atoms. The van der Waals surface area contributed by atoms with Crippen LogP contribution in [0.4, 0.5) is 24.9 Å². The zero-order chi connectivity index (χ0) is 32.7. The number of rotatable bonds is 12. The van der Waals surface area contributed by atoms with E-state index in [1.165, 1.54) is 19.1 Å². The Morgan fingerprint density at radius 2 is 1.96 bits per heavy atom. The molecule has 3 heterocycles. The number of carbonyl (C=O) groups excluding carboxylic acids is 1. The molecule has 5 rings (SSSR count). The van der Waals surface area contributed by atoms with Crippen molar-refractivity contribution in [2.75, 3.05) is 17.7 Å². The van der Waals surface area contributed by atoms with Crippen LogP contribution in [0.2, 0.25) is 0 Å². The first kappa shape index (κ1) is 33.2. The normalized spacial score (nSPS) is 25.7. The number of aromatic nitrogens is 4. The molecule has 1 aromatic carbocycles. The average Bonchev–Trinajstić information content (AvgIpc) is 3.61. The first-order valence-corrected chi connectivity index (χ1v) is 15.9. The second kappa shape index (κ2) is 12.5. The Bertz CT molecular complexity index is 1580. The van der Waals surface area contributed by atoms with Crippen molar-refractivity contribution in [1.29, 1.82) is 0 Å². The van der Waals surface area contributed by atoms with Gasteiger partial charge in [0, 0.05) is 6.04 Å². The number of carbonyl (C=O) groups is 1. The van der Waals surface area contributed by atoms with Gasteiger partial charge in [0.25, 0.3) is 0 Å². The number of nitrogens with zero attached hydrogens (tertiary/aromatic N) is 4. The van der Waals surface area contributed by atoms with Gasteiger partial charge in [-0.25, -0.2) is 9.55 Å². The standard InChI is InChI=1S/C26H32ClF3N7O7P/c1-13(2)42-22(39)14(3)36-45(40,44-16-7-5-4-6-8-16)41-11-17-19(38)25(27,26(28,29)30)23(43-17)37-12-32-18-20(33-15-9-10-15)34-24(31)35-21(18)37/h4-8,12-15,17,19,23,38H,9-11H2,1-3H3,(H,36,40)(H3,31,33,34,35)/t14-,17+,19+,23+,25+,45+/m0/s1. The van der Waals surface area contributed by atoms with Crippen LogP contribution in [0.15, 0.2) is 36.7 Å². The summed E-state index contributed by atoms with van der Waals surface area (Å²) >= 11 is 6.21. The van der Waals surface area contributed by atoms with E-state index in [9.17, 15) is 27.6 Å². The minimum Gasteiger partial charge on any atom is -0.462 e. The Morgan fingerprint density at radius 1 is 1.27 bits per heavy atom. The Kier molecular flexibility index (Phi) is 9.23. The van der Waals surface area contributed by atoms with Crippen LogP contribution in [-0.2, 0) is 23.4 Å². The fourth-order valence-electron chi connectivity index (χ4n) is 4.59. The van der Waals surface area contributed by atoms with Crippen molar-refractivity contribution in [3.05, 3.63) is 36.7 Å². The van der Waals surface area contributed by atoms with Crippen molar-refractivity contribution in [2.45, 2.75) is 81.3 Å². The van der Waals surface area contributed by atoms with E-state index in [4.69, 9.17) is 35.9 Å². The lowest BCUT2D eigenvalue weighted by Gasteiger charge is -2.32. The number of aliphatic hydroxyl groups excluding tert-OH is 1. The van der Waals surface area contributed by atoms with Crippen LogP contribution in [0, 0.1) is 0 Å². The van der Waals surface area contributed by atoms with Crippen LogP contribution in [0.25, 0.3) is 11.2 Å². The number of halogens is 4. The lowest BCUT2D eigenvalue weighted by Crippen LogP contribution is -2.53. The minimum atomic E-state index is -5.24. The van der Waals surface area contributed by atoms with E-state index in [0.717, 1.165) is 23.7 Å². The number of aliphatic hydroxyl groups is 1. The molecular formula is C26H32ClF3N7O7P. The van der Waals surface area contributed by atoms with Gasteiger partial charge in [-0.3, -0.25) is 13.9 Å². The molecule has 246 valence electrons. The van der Waals surface area contributed by atoms with Gasteiger partial charge in [0.05, 0.1) is 19.0 Å². The van der Waals surface area contributed by atoms with E-state index < -0.39 is 62.0 Å². The van der Waals surface area contributed by atoms with Gasteiger partial charge < -0.3 is 30.2 Å². The molecule has 2 aliphatic rings. The number of nitrogen functional groups attached to an aromatic ring is 1. The summed E-state index contributed by atoms with van der Waals surface area (Å²) in [7, 11) is -4.53. The Morgan fingerprint density at radius 3 is 2.58 bits per heavy atom.